The minimum Gasteiger partial charge on any atom is -0.206 e. The summed E-state index contributed by atoms with van der Waals surface area (Å²) in [5.41, 5.74) is 1.57. The summed E-state index contributed by atoms with van der Waals surface area (Å²) in [6.45, 7) is 0. The SMILES string of the molecule is Fc1ccccc1-c1ccccc1.[Ti]. The van der Waals surface area contributed by atoms with Gasteiger partial charge in [0.2, 0.25) is 0 Å². The Morgan fingerprint density at radius 3 is 1.93 bits per heavy atom. The van der Waals surface area contributed by atoms with E-state index >= 15 is 0 Å². The molecule has 68 valence electrons. The average molecular weight is 220 g/mol. The van der Waals surface area contributed by atoms with Gasteiger partial charge in [0.05, 0.1) is 0 Å². The molecule has 2 aromatic carbocycles. The Bertz CT molecular complexity index is 398. The number of halogens is 1. The molecule has 0 saturated carbocycles. The van der Waals surface area contributed by atoms with Crippen molar-refractivity contribution in [2.45, 2.75) is 0 Å². The van der Waals surface area contributed by atoms with Gasteiger partial charge in [0.1, 0.15) is 5.82 Å². The average Bonchev–Trinajstić information content (AvgIpc) is 2.20. The van der Waals surface area contributed by atoms with Gasteiger partial charge in [-0.15, -0.1) is 0 Å². The van der Waals surface area contributed by atoms with Gasteiger partial charge in [0.15, 0.2) is 0 Å². The van der Waals surface area contributed by atoms with E-state index in [1.54, 1.807) is 12.1 Å². The second-order valence-corrected chi connectivity index (χ2v) is 2.85. The van der Waals surface area contributed by atoms with Crippen LogP contribution in [-0.2, 0) is 21.7 Å². The second kappa shape index (κ2) is 5.09. The molecule has 2 heteroatoms. The second-order valence-electron chi connectivity index (χ2n) is 2.85. The summed E-state index contributed by atoms with van der Waals surface area (Å²) >= 11 is 0. The normalized spacial score (nSPS) is 9.21. The maximum absolute atomic E-state index is 13.3. The van der Waals surface area contributed by atoms with E-state index in [1.165, 1.54) is 6.07 Å². The summed E-state index contributed by atoms with van der Waals surface area (Å²) in [6.07, 6.45) is 0. The Morgan fingerprint density at radius 2 is 1.29 bits per heavy atom. The fourth-order valence-corrected chi connectivity index (χ4v) is 1.31. The van der Waals surface area contributed by atoms with Crippen molar-refractivity contribution in [2.75, 3.05) is 0 Å². The standard InChI is InChI=1S/C12H9F.Ti/c13-12-9-5-4-8-11(12)10-6-2-1-3-7-10;/h1-9H;. The van der Waals surface area contributed by atoms with Crippen molar-refractivity contribution in [3.8, 4) is 11.1 Å². The van der Waals surface area contributed by atoms with Crippen molar-refractivity contribution in [3.05, 3.63) is 60.4 Å². The topological polar surface area (TPSA) is 0 Å². The molecule has 0 aliphatic heterocycles. The molecule has 0 aliphatic rings. The quantitative estimate of drug-likeness (QED) is 0.645. The fourth-order valence-electron chi connectivity index (χ4n) is 1.31. The Morgan fingerprint density at radius 1 is 0.714 bits per heavy atom. The minimum absolute atomic E-state index is 0. The maximum Gasteiger partial charge on any atom is 0.131 e. The van der Waals surface area contributed by atoms with Gasteiger partial charge >= 0.3 is 0 Å². The number of hydrogen-bond acceptors (Lipinski definition) is 0. The molecule has 0 amide bonds. The molecular weight excluding hydrogens is 211 g/mol. The van der Waals surface area contributed by atoms with Gasteiger partial charge in [-0.3, -0.25) is 0 Å². The van der Waals surface area contributed by atoms with Gasteiger partial charge in [0, 0.05) is 27.3 Å². The van der Waals surface area contributed by atoms with Crippen LogP contribution < -0.4 is 0 Å². The van der Waals surface area contributed by atoms with Gasteiger partial charge in [-0.05, 0) is 11.6 Å². The van der Waals surface area contributed by atoms with E-state index < -0.39 is 0 Å². The molecule has 2 aromatic rings. The van der Waals surface area contributed by atoms with Gasteiger partial charge in [-0.25, -0.2) is 4.39 Å². The van der Waals surface area contributed by atoms with Crippen molar-refractivity contribution in [1.29, 1.82) is 0 Å². The van der Waals surface area contributed by atoms with Crippen LogP contribution in [0.15, 0.2) is 54.6 Å². The molecule has 0 spiro atoms. The van der Waals surface area contributed by atoms with E-state index in [-0.39, 0.29) is 27.5 Å². The van der Waals surface area contributed by atoms with E-state index in [9.17, 15) is 4.39 Å². The van der Waals surface area contributed by atoms with Crippen LogP contribution >= 0.6 is 0 Å². The molecule has 0 heterocycles. The molecule has 0 atom stereocenters. The third-order valence-electron chi connectivity index (χ3n) is 1.96. The van der Waals surface area contributed by atoms with E-state index in [0.717, 1.165) is 5.56 Å². The molecule has 0 radical (unpaired) electrons. The predicted octanol–water partition coefficient (Wildman–Crippen LogP) is 3.49. The van der Waals surface area contributed by atoms with Crippen molar-refractivity contribution in [3.63, 3.8) is 0 Å². The number of hydrogen-bond donors (Lipinski definition) is 0. The van der Waals surface area contributed by atoms with Crippen LogP contribution in [0.4, 0.5) is 4.39 Å². The van der Waals surface area contributed by atoms with Crippen LogP contribution in [0.2, 0.25) is 0 Å². The summed E-state index contributed by atoms with van der Waals surface area (Å²) in [6, 6.07) is 16.3. The van der Waals surface area contributed by atoms with Crippen LogP contribution in [0, 0.1) is 5.82 Å². The first kappa shape index (κ1) is 11.2. The molecule has 2 rings (SSSR count). The molecule has 0 aliphatic carbocycles. The Hall–Kier alpha value is -0.916. The van der Waals surface area contributed by atoms with E-state index in [2.05, 4.69) is 0 Å². The van der Waals surface area contributed by atoms with Crippen LogP contribution in [0.5, 0.6) is 0 Å². The fraction of sp³-hybridized carbons (Fsp3) is 0. The predicted molar refractivity (Wildman–Crippen MR) is 51.8 cm³/mol. The van der Waals surface area contributed by atoms with Gasteiger partial charge in [-0.1, -0.05) is 48.5 Å². The zero-order chi connectivity index (χ0) is 9.10. The Labute approximate surface area is 97.7 Å². The van der Waals surface area contributed by atoms with Crippen LogP contribution in [0.1, 0.15) is 0 Å². The van der Waals surface area contributed by atoms with Crippen molar-refractivity contribution < 1.29 is 26.1 Å². The minimum atomic E-state index is -0.172. The molecule has 0 aromatic heterocycles. The van der Waals surface area contributed by atoms with E-state index in [4.69, 9.17) is 0 Å². The zero-order valence-electron chi connectivity index (χ0n) is 7.57. The molecule has 0 nitrogen and oxygen atoms in total. The van der Waals surface area contributed by atoms with Crippen LogP contribution in [0.3, 0.4) is 0 Å². The molecule has 0 unspecified atom stereocenters. The van der Waals surface area contributed by atoms with Gasteiger partial charge < -0.3 is 0 Å². The third kappa shape index (κ3) is 2.31. The van der Waals surface area contributed by atoms with Crippen molar-refractivity contribution in [1.82, 2.24) is 0 Å². The first-order valence-corrected chi connectivity index (χ1v) is 4.18. The molecule has 0 bridgehead atoms. The maximum atomic E-state index is 13.3. The Balaban J connectivity index is 0.000000980. The van der Waals surface area contributed by atoms with Crippen LogP contribution in [-0.4, -0.2) is 0 Å². The summed E-state index contributed by atoms with van der Waals surface area (Å²) in [4.78, 5) is 0. The van der Waals surface area contributed by atoms with Crippen molar-refractivity contribution in [2.24, 2.45) is 0 Å². The third-order valence-corrected chi connectivity index (χ3v) is 1.96. The smallest absolute Gasteiger partial charge is 0.131 e. The van der Waals surface area contributed by atoms with E-state index in [0.29, 0.717) is 5.56 Å². The molecular formula is C12H9FTi. The number of benzene rings is 2. The van der Waals surface area contributed by atoms with Gasteiger partial charge in [0.25, 0.3) is 0 Å². The molecule has 0 N–H and O–H groups in total. The summed E-state index contributed by atoms with van der Waals surface area (Å²) in [7, 11) is 0. The van der Waals surface area contributed by atoms with Crippen molar-refractivity contribution >= 4 is 0 Å². The van der Waals surface area contributed by atoms with E-state index in [1.807, 2.05) is 36.4 Å². The molecule has 0 fully saturated rings. The number of rotatable bonds is 1. The first-order chi connectivity index (χ1) is 6.38. The summed E-state index contributed by atoms with van der Waals surface area (Å²) in [5.74, 6) is -0.172. The van der Waals surface area contributed by atoms with Gasteiger partial charge in [-0.2, -0.15) is 0 Å². The van der Waals surface area contributed by atoms with Crippen LogP contribution in [0.25, 0.3) is 11.1 Å². The molecule has 0 saturated heterocycles. The monoisotopic (exact) mass is 220 g/mol. The Kier molecular flexibility index (Phi) is 4.06. The summed E-state index contributed by atoms with van der Waals surface area (Å²) in [5, 5.41) is 0. The first-order valence-electron chi connectivity index (χ1n) is 4.18. The zero-order valence-corrected chi connectivity index (χ0v) is 9.14. The molecule has 14 heavy (non-hydrogen) atoms. The summed E-state index contributed by atoms with van der Waals surface area (Å²) < 4.78 is 13.3. The largest absolute Gasteiger partial charge is 0.206 e.